The van der Waals surface area contributed by atoms with E-state index in [4.69, 9.17) is 5.73 Å². The zero-order chi connectivity index (χ0) is 15.3. The van der Waals surface area contributed by atoms with Crippen LogP contribution in [-0.2, 0) is 5.41 Å². The van der Waals surface area contributed by atoms with Crippen molar-refractivity contribution < 1.29 is 4.79 Å². The third kappa shape index (κ3) is 4.07. The number of hydrogen-bond acceptors (Lipinski definition) is 2. The Balaban J connectivity index is 3.12. The number of nitrogens with zero attached hydrogens (tertiary/aromatic N) is 1. The molecule has 0 aliphatic heterocycles. The molecule has 0 spiro atoms. The van der Waals surface area contributed by atoms with Crippen LogP contribution in [0.15, 0.2) is 24.3 Å². The van der Waals surface area contributed by atoms with Crippen LogP contribution in [0.4, 0.5) is 0 Å². The molecular formula is C17H28N2O. The maximum absolute atomic E-state index is 12.8. The van der Waals surface area contributed by atoms with Gasteiger partial charge in [0.1, 0.15) is 0 Å². The number of amides is 1. The van der Waals surface area contributed by atoms with Crippen molar-refractivity contribution in [1.82, 2.24) is 4.90 Å². The molecule has 0 aliphatic carbocycles. The highest BCUT2D eigenvalue weighted by molar-refractivity contribution is 5.96. The molecule has 0 aromatic heterocycles. The van der Waals surface area contributed by atoms with Gasteiger partial charge in [-0.15, -0.1) is 0 Å². The Kier molecular flexibility index (Phi) is 5.75. The lowest BCUT2D eigenvalue weighted by atomic mass is 9.83. The van der Waals surface area contributed by atoms with Gasteiger partial charge < -0.3 is 10.6 Å². The molecule has 0 bridgehead atoms. The highest BCUT2D eigenvalue weighted by Gasteiger charge is 2.25. The summed E-state index contributed by atoms with van der Waals surface area (Å²) in [5.74, 6) is 0.110. The first-order valence-corrected chi connectivity index (χ1v) is 7.39. The van der Waals surface area contributed by atoms with E-state index in [1.165, 1.54) is 0 Å². The maximum atomic E-state index is 12.8. The molecule has 0 aliphatic rings. The standard InChI is InChI=1S/C17H28N2O/c1-13(2)19(12-8-11-18)16(20)14-9-6-7-10-15(14)17(3,4)5/h6-7,9-10,13H,8,11-12,18H2,1-5H3. The van der Waals surface area contributed by atoms with Gasteiger partial charge in [0.25, 0.3) is 5.91 Å². The second-order valence-corrected chi connectivity index (χ2v) is 6.53. The SMILES string of the molecule is CC(C)N(CCCN)C(=O)c1ccccc1C(C)(C)C. The summed E-state index contributed by atoms with van der Waals surface area (Å²) in [6.45, 7) is 11.8. The number of carbonyl (C=O) groups is 1. The van der Waals surface area contributed by atoms with Crippen molar-refractivity contribution in [2.24, 2.45) is 5.73 Å². The fraction of sp³-hybridized carbons (Fsp3) is 0.588. The van der Waals surface area contributed by atoms with Crippen LogP contribution in [0.3, 0.4) is 0 Å². The average molecular weight is 276 g/mol. The van der Waals surface area contributed by atoms with Crippen molar-refractivity contribution in [2.45, 2.75) is 52.5 Å². The smallest absolute Gasteiger partial charge is 0.254 e. The van der Waals surface area contributed by atoms with E-state index in [9.17, 15) is 4.79 Å². The summed E-state index contributed by atoms with van der Waals surface area (Å²) in [4.78, 5) is 14.8. The number of nitrogens with two attached hydrogens (primary N) is 1. The summed E-state index contributed by atoms with van der Waals surface area (Å²) < 4.78 is 0. The predicted molar refractivity (Wildman–Crippen MR) is 85.0 cm³/mol. The molecule has 20 heavy (non-hydrogen) atoms. The van der Waals surface area contributed by atoms with Crippen LogP contribution < -0.4 is 5.73 Å². The van der Waals surface area contributed by atoms with E-state index in [-0.39, 0.29) is 17.4 Å². The average Bonchev–Trinajstić information content (AvgIpc) is 2.37. The van der Waals surface area contributed by atoms with Crippen LogP contribution >= 0.6 is 0 Å². The quantitative estimate of drug-likeness (QED) is 0.897. The summed E-state index contributed by atoms with van der Waals surface area (Å²) in [7, 11) is 0. The fourth-order valence-electron chi connectivity index (χ4n) is 2.33. The minimum Gasteiger partial charge on any atom is -0.336 e. The fourth-order valence-corrected chi connectivity index (χ4v) is 2.33. The van der Waals surface area contributed by atoms with Gasteiger partial charge in [-0.1, -0.05) is 39.0 Å². The third-order valence-corrected chi connectivity index (χ3v) is 3.45. The lowest BCUT2D eigenvalue weighted by Crippen LogP contribution is -2.39. The van der Waals surface area contributed by atoms with Crippen LogP contribution in [0.5, 0.6) is 0 Å². The summed E-state index contributed by atoms with van der Waals surface area (Å²) in [6, 6.07) is 8.10. The number of hydrogen-bond donors (Lipinski definition) is 1. The molecule has 0 radical (unpaired) electrons. The van der Waals surface area contributed by atoms with Gasteiger partial charge in [0.2, 0.25) is 0 Å². The third-order valence-electron chi connectivity index (χ3n) is 3.45. The van der Waals surface area contributed by atoms with E-state index >= 15 is 0 Å². The zero-order valence-corrected chi connectivity index (χ0v) is 13.4. The van der Waals surface area contributed by atoms with Gasteiger partial charge in [-0.25, -0.2) is 0 Å². The molecule has 0 heterocycles. The largest absolute Gasteiger partial charge is 0.336 e. The Morgan fingerprint density at radius 2 is 1.85 bits per heavy atom. The van der Waals surface area contributed by atoms with E-state index in [2.05, 4.69) is 26.8 Å². The first-order valence-electron chi connectivity index (χ1n) is 7.39. The molecule has 1 amide bonds. The monoisotopic (exact) mass is 276 g/mol. The van der Waals surface area contributed by atoms with Crippen molar-refractivity contribution in [3.05, 3.63) is 35.4 Å². The normalized spacial score (nSPS) is 11.8. The Hall–Kier alpha value is -1.35. The molecule has 1 aromatic carbocycles. The highest BCUT2D eigenvalue weighted by atomic mass is 16.2. The lowest BCUT2D eigenvalue weighted by Gasteiger charge is -2.30. The second kappa shape index (κ2) is 6.89. The summed E-state index contributed by atoms with van der Waals surface area (Å²) >= 11 is 0. The van der Waals surface area contributed by atoms with Gasteiger partial charge >= 0.3 is 0 Å². The minimum absolute atomic E-state index is 0.0389. The van der Waals surface area contributed by atoms with E-state index in [0.717, 1.165) is 17.5 Å². The van der Waals surface area contributed by atoms with E-state index < -0.39 is 0 Å². The molecule has 2 N–H and O–H groups in total. The Labute approximate surface area is 123 Å². The molecule has 0 saturated carbocycles. The molecule has 1 aromatic rings. The minimum atomic E-state index is -0.0389. The van der Waals surface area contributed by atoms with Crippen LogP contribution in [0.1, 0.15) is 57.0 Å². The molecular weight excluding hydrogens is 248 g/mol. The topological polar surface area (TPSA) is 46.3 Å². The van der Waals surface area contributed by atoms with Crippen LogP contribution in [0, 0.1) is 0 Å². The van der Waals surface area contributed by atoms with Crippen LogP contribution in [0.25, 0.3) is 0 Å². The van der Waals surface area contributed by atoms with E-state index in [0.29, 0.717) is 13.1 Å². The van der Waals surface area contributed by atoms with Crippen LogP contribution in [-0.4, -0.2) is 29.9 Å². The number of rotatable bonds is 5. The molecule has 3 nitrogen and oxygen atoms in total. The number of carbonyl (C=O) groups excluding carboxylic acids is 1. The molecule has 1 rings (SSSR count). The predicted octanol–water partition coefficient (Wildman–Crippen LogP) is 3.18. The lowest BCUT2D eigenvalue weighted by molar-refractivity contribution is 0.0702. The van der Waals surface area contributed by atoms with Crippen molar-refractivity contribution in [3.8, 4) is 0 Å². The van der Waals surface area contributed by atoms with Gasteiger partial charge in [-0.3, -0.25) is 4.79 Å². The molecule has 0 fully saturated rings. The van der Waals surface area contributed by atoms with Crippen molar-refractivity contribution >= 4 is 5.91 Å². The van der Waals surface area contributed by atoms with E-state index in [1.54, 1.807) is 0 Å². The van der Waals surface area contributed by atoms with Crippen LogP contribution in [0.2, 0.25) is 0 Å². The second-order valence-electron chi connectivity index (χ2n) is 6.53. The van der Waals surface area contributed by atoms with E-state index in [1.807, 2.05) is 36.9 Å². The van der Waals surface area contributed by atoms with Gasteiger partial charge in [-0.2, -0.15) is 0 Å². The summed E-state index contributed by atoms with van der Waals surface area (Å²) in [5.41, 5.74) is 7.45. The van der Waals surface area contributed by atoms with Gasteiger partial charge in [0.15, 0.2) is 0 Å². The van der Waals surface area contributed by atoms with Crippen molar-refractivity contribution in [3.63, 3.8) is 0 Å². The van der Waals surface area contributed by atoms with Gasteiger partial charge in [0, 0.05) is 18.2 Å². The number of benzene rings is 1. The summed E-state index contributed by atoms with van der Waals surface area (Å²) in [6.07, 6.45) is 0.835. The van der Waals surface area contributed by atoms with Crippen molar-refractivity contribution in [2.75, 3.05) is 13.1 Å². The van der Waals surface area contributed by atoms with Crippen molar-refractivity contribution in [1.29, 1.82) is 0 Å². The molecule has 0 unspecified atom stereocenters. The Morgan fingerprint density at radius 3 is 2.35 bits per heavy atom. The summed E-state index contributed by atoms with van der Waals surface area (Å²) in [5, 5.41) is 0. The zero-order valence-electron chi connectivity index (χ0n) is 13.4. The highest BCUT2D eigenvalue weighted by Crippen LogP contribution is 2.27. The molecule has 112 valence electrons. The first-order chi connectivity index (χ1) is 9.29. The maximum Gasteiger partial charge on any atom is 0.254 e. The Morgan fingerprint density at radius 1 is 1.25 bits per heavy atom. The molecule has 3 heteroatoms. The molecule has 0 saturated heterocycles. The Bertz CT molecular complexity index is 447. The van der Waals surface area contributed by atoms with Gasteiger partial charge in [-0.05, 0) is 43.9 Å². The first kappa shape index (κ1) is 16.7. The molecule has 0 atom stereocenters. The van der Waals surface area contributed by atoms with Gasteiger partial charge in [0.05, 0.1) is 0 Å².